The molecule has 0 aromatic heterocycles. The van der Waals surface area contributed by atoms with Crippen molar-refractivity contribution < 1.29 is 19.8 Å². The van der Waals surface area contributed by atoms with E-state index in [1.165, 1.54) is 11.0 Å². The van der Waals surface area contributed by atoms with Crippen LogP contribution in [0.25, 0.3) is 0 Å². The molecule has 22 heavy (non-hydrogen) atoms. The fraction of sp³-hybridized carbons (Fsp3) is 0.125. The first-order valence-corrected chi connectivity index (χ1v) is 6.99. The maximum atomic E-state index is 11.9. The number of carbonyl (C=O) groups is 2. The van der Waals surface area contributed by atoms with Crippen LogP contribution in [0.4, 0.5) is 5.69 Å². The number of nitrogens with zero attached hydrogens (tertiary/aromatic N) is 1. The van der Waals surface area contributed by atoms with Crippen LogP contribution in [0.3, 0.4) is 0 Å². The Labute approximate surface area is 131 Å². The predicted molar refractivity (Wildman–Crippen MR) is 81.4 cm³/mol. The highest BCUT2D eigenvalue weighted by Gasteiger charge is 2.36. The highest BCUT2D eigenvalue weighted by molar-refractivity contribution is 6.37. The molecule has 0 radical (unpaired) electrons. The van der Waals surface area contributed by atoms with E-state index in [4.69, 9.17) is 16.7 Å². The largest absolute Gasteiger partial charge is 0.508 e. The average Bonchev–Trinajstić information content (AvgIpc) is 2.86. The summed E-state index contributed by atoms with van der Waals surface area (Å²) in [5, 5.41) is 19.5. The van der Waals surface area contributed by atoms with Gasteiger partial charge in [-0.2, -0.15) is 0 Å². The maximum Gasteiger partial charge on any atom is 0.394 e. The van der Waals surface area contributed by atoms with Crippen LogP contribution in [0.5, 0.6) is 5.75 Å². The Hall–Kier alpha value is -2.53. The summed E-state index contributed by atoms with van der Waals surface area (Å²) >= 11 is 5.84. The minimum Gasteiger partial charge on any atom is -0.508 e. The standard InChI is InChI=1S/C16H12ClNO4/c17-9-5-6-11(14(19)7-9)12-8-18(15(20)16(21)22)13-4-2-1-3-10(12)13/h1-7,12,19H,8H2,(H,21,22). The predicted octanol–water partition coefficient (Wildman–Crippen LogP) is 2.61. The van der Waals surface area contributed by atoms with Gasteiger partial charge >= 0.3 is 11.9 Å². The number of rotatable bonds is 1. The van der Waals surface area contributed by atoms with Crippen LogP contribution in [0.2, 0.25) is 5.02 Å². The summed E-state index contributed by atoms with van der Waals surface area (Å²) in [6.07, 6.45) is 0. The molecule has 2 N–H and O–H groups in total. The fourth-order valence-corrected chi connectivity index (χ4v) is 2.96. The van der Waals surface area contributed by atoms with Crippen molar-refractivity contribution in [3.05, 3.63) is 58.6 Å². The molecular formula is C16H12ClNO4. The monoisotopic (exact) mass is 317 g/mol. The summed E-state index contributed by atoms with van der Waals surface area (Å²) in [4.78, 5) is 24.1. The molecule has 0 spiro atoms. The summed E-state index contributed by atoms with van der Waals surface area (Å²) in [6, 6.07) is 11.8. The second kappa shape index (κ2) is 5.35. The highest BCUT2D eigenvalue weighted by Crippen LogP contribution is 2.43. The topological polar surface area (TPSA) is 77.8 Å². The summed E-state index contributed by atoms with van der Waals surface area (Å²) in [6.45, 7) is 0.166. The fourth-order valence-electron chi connectivity index (χ4n) is 2.79. The van der Waals surface area contributed by atoms with E-state index in [-0.39, 0.29) is 18.2 Å². The van der Waals surface area contributed by atoms with E-state index in [0.717, 1.165) is 5.56 Å². The molecule has 1 aliphatic heterocycles. The molecule has 2 aromatic carbocycles. The lowest BCUT2D eigenvalue weighted by Gasteiger charge is -2.16. The lowest BCUT2D eigenvalue weighted by molar-refractivity contribution is -0.148. The number of fused-ring (bicyclic) bond motifs is 1. The quantitative estimate of drug-likeness (QED) is 0.793. The van der Waals surface area contributed by atoms with E-state index < -0.39 is 11.9 Å². The molecule has 1 amide bonds. The smallest absolute Gasteiger partial charge is 0.394 e. The van der Waals surface area contributed by atoms with Gasteiger partial charge in [0, 0.05) is 28.7 Å². The van der Waals surface area contributed by atoms with Crippen molar-refractivity contribution in [2.24, 2.45) is 0 Å². The Morgan fingerprint density at radius 3 is 2.55 bits per heavy atom. The summed E-state index contributed by atoms with van der Waals surface area (Å²) in [5.41, 5.74) is 1.96. The maximum absolute atomic E-state index is 11.9. The lowest BCUT2D eigenvalue weighted by atomic mass is 9.92. The molecule has 0 fully saturated rings. The summed E-state index contributed by atoms with van der Waals surface area (Å²) in [7, 11) is 0. The SMILES string of the molecule is O=C(O)C(=O)N1CC(c2ccc(Cl)cc2O)c2ccccc21. The van der Waals surface area contributed by atoms with E-state index in [1.54, 1.807) is 24.3 Å². The number of carbonyl (C=O) groups excluding carboxylic acids is 1. The van der Waals surface area contributed by atoms with Gasteiger partial charge in [0.05, 0.1) is 0 Å². The Kier molecular flexibility index (Phi) is 3.50. The molecule has 1 heterocycles. The number of hydrogen-bond donors (Lipinski definition) is 2. The molecule has 1 atom stereocenters. The van der Waals surface area contributed by atoms with Crippen molar-refractivity contribution in [1.82, 2.24) is 0 Å². The number of anilines is 1. The van der Waals surface area contributed by atoms with Gasteiger partial charge in [0.2, 0.25) is 0 Å². The van der Waals surface area contributed by atoms with Gasteiger partial charge in [-0.15, -0.1) is 0 Å². The van der Waals surface area contributed by atoms with Gasteiger partial charge < -0.3 is 15.1 Å². The molecule has 5 nitrogen and oxygen atoms in total. The number of aliphatic carboxylic acids is 1. The Bertz CT molecular complexity index is 774. The van der Waals surface area contributed by atoms with Crippen molar-refractivity contribution in [2.45, 2.75) is 5.92 Å². The van der Waals surface area contributed by atoms with Gasteiger partial charge in [-0.3, -0.25) is 4.79 Å². The van der Waals surface area contributed by atoms with Crippen LogP contribution in [-0.4, -0.2) is 28.6 Å². The number of halogens is 1. The van der Waals surface area contributed by atoms with Crippen molar-refractivity contribution in [3.8, 4) is 5.75 Å². The van der Waals surface area contributed by atoms with Crippen molar-refractivity contribution in [1.29, 1.82) is 0 Å². The lowest BCUT2D eigenvalue weighted by Crippen LogP contribution is -2.35. The molecule has 0 bridgehead atoms. The van der Waals surface area contributed by atoms with Crippen molar-refractivity contribution >= 4 is 29.2 Å². The first-order valence-electron chi connectivity index (χ1n) is 6.61. The zero-order chi connectivity index (χ0) is 15.9. The molecule has 1 unspecified atom stereocenters. The first kappa shape index (κ1) is 14.4. The van der Waals surface area contributed by atoms with Gasteiger partial charge in [-0.1, -0.05) is 35.9 Å². The number of phenols is 1. The molecule has 6 heteroatoms. The third-order valence-corrected chi connectivity index (χ3v) is 4.00. The number of para-hydroxylation sites is 1. The van der Waals surface area contributed by atoms with E-state index in [1.807, 2.05) is 12.1 Å². The number of amides is 1. The summed E-state index contributed by atoms with van der Waals surface area (Å²) < 4.78 is 0. The first-order chi connectivity index (χ1) is 10.5. The van der Waals surface area contributed by atoms with Crippen molar-refractivity contribution in [2.75, 3.05) is 11.4 Å². The number of carboxylic acids is 1. The van der Waals surface area contributed by atoms with Gasteiger partial charge in [-0.25, -0.2) is 4.79 Å². The number of benzene rings is 2. The van der Waals surface area contributed by atoms with Gasteiger partial charge in [0.25, 0.3) is 0 Å². The van der Waals surface area contributed by atoms with Crippen LogP contribution >= 0.6 is 11.6 Å². The molecule has 1 aliphatic rings. The number of carboxylic acid groups (broad SMARTS) is 1. The second-order valence-electron chi connectivity index (χ2n) is 5.04. The van der Waals surface area contributed by atoms with E-state index in [9.17, 15) is 14.7 Å². The molecule has 2 aromatic rings. The molecular weight excluding hydrogens is 306 g/mol. The highest BCUT2D eigenvalue weighted by atomic mass is 35.5. The molecule has 0 aliphatic carbocycles. The van der Waals surface area contributed by atoms with E-state index >= 15 is 0 Å². The number of phenolic OH excluding ortho intramolecular Hbond substituents is 1. The Balaban J connectivity index is 2.08. The third kappa shape index (κ3) is 2.29. The van der Waals surface area contributed by atoms with Crippen LogP contribution in [0.1, 0.15) is 17.0 Å². The second-order valence-corrected chi connectivity index (χ2v) is 5.47. The average molecular weight is 318 g/mol. The van der Waals surface area contributed by atoms with E-state index in [2.05, 4.69) is 0 Å². The van der Waals surface area contributed by atoms with Crippen LogP contribution in [-0.2, 0) is 9.59 Å². The van der Waals surface area contributed by atoms with Crippen LogP contribution in [0.15, 0.2) is 42.5 Å². The Morgan fingerprint density at radius 1 is 1.14 bits per heavy atom. The van der Waals surface area contributed by atoms with E-state index in [0.29, 0.717) is 16.3 Å². The molecule has 112 valence electrons. The molecule has 0 saturated heterocycles. The van der Waals surface area contributed by atoms with Gasteiger partial charge in [-0.05, 0) is 23.8 Å². The normalized spacial score (nSPS) is 16.4. The van der Waals surface area contributed by atoms with Crippen LogP contribution in [0, 0.1) is 0 Å². The number of hydrogen-bond acceptors (Lipinski definition) is 3. The molecule has 3 rings (SSSR count). The van der Waals surface area contributed by atoms with Crippen molar-refractivity contribution in [3.63, 3.8) is 0 Å². The molecule has 0 saturated carbocycles. The zero-order valence-electron chi connectivity index (χ0n) is 11.4. The minimum absolute atomic E-state index is 0.0249. The van der Waals surface area contributed by atoms with Gasteiger partial charge in [0.15, 0.2) is 0 Å². The minimum atomic E-state index is -1.50. The summed E-state index contributed by atoms with van der Waals surface area (Å²) in [5.74, 6) is -2.76. The zero-order valence-corrected chi connectivity index (χ0v) is 12.1. The van der Waals surface area contributed by atoms with Gasteiger partial charge in [0.1, 0.15) is 5.75 Å². The number of aromatic hydroxyl groups is 1. The third-order valence-electron chi connectivity index (χ3n) is 3.76. The van der Waals surface area contributed by atoms with Crippen LogP contribution < -0.4 is 4.90 Å². The Morgan fingerprint density at radius 2 is 1.86 bits per heavy atom.